The van der Waals surface area contributed by atoms with Gasteiger partial charge in [-0.15, -0.1) is 0 Å². The Morgan fingerprint density at radius 2 is 2.05 bits per heavy atom. The third kappa shape index (κ3) is 4.71. The van der Waals surface area contributed by atoms with Crippen molar-refractivity contribution in [2.45, 2.75) is 26.6 Å². The first kappa shape index (κ1) is 15.2. The summed E-state index contributed by atoms with van der Waals surface area (Å²) in [5.41, 5.74) is 0.229. The lowest BCUT2D eigenvalue weighted by atomic mass is 10.1. The molecule has 1 rings (SSSR count). The maximum Gasteiger partial charge on any atom is 0.340 e. The van der Waals surface area contributed by atoms with Crippen LogP contribution in [0.1, 0.15) is 41.0 Å². The zero-order valence-electron chi connectivity index (χ0n) is 11.0. The Labute approximate surface area is 112 Å². The summed E-state index contributed by atoms with van der Waals surface area (Å²) >= 11 is 0. The Hall–Kier alpha value is -1.88. The van der Waals surface area contributed by atoms with E-state index in [1.807, 2.05) is 6.92 Å². The van der Waals surface area contributed by atoms with Crippen LogP contribution in [0.3, 0.4) is 0 Å². The summed E-state index contributed by atoms with van der Waals surface area (Å²) in [5.74, 6) is -1.70. The molecule has 1 atom stereocenters. The summed E-state index contributed by atoms with van der Waals surface area (Å²) in [6, 6.07) is 5.69. The van der Waals surface area contributed by atoms with E-state index < -0.39 is 18.2 Å². The van der Waals surface area contributed by atoms with Crippen molar-refractivity contribution in [3.05, 3.63) is 41.8 Å². The molecule has 0 aliphatic heterocycles. The fourth-order valence-electron chi connectivity index (χ4n) is 1.39. The molecule has 1 N–H and O–H groups in total. The van der Waals surface area contributed by atoms with E-state index in [4.69, 9.17) is 14.6 Å². The van der Waals surface area contributed by atoms with Gasteiger partial charge in [0.15, 0.2) is 0 Å². The van der Waals surface area contributed by atoms with E-state index in [1.54, 1.807) is 13.3 Å². The molecule has 5 heteroatoms. The van der Waals surface area contributed by atoms with Gasteiger partial charge in [0.25, 0.3) is 0 Å². The van der Waals surface area contributed by atoms with Gasteiger partial charge >= 0.3 is 11.9 Å². The molecule has 0 aliphatic rings. The van der Waals surface area contributed by atoms with Gasteiger partial charge in [-0.3, -0.25) is 0 Å². The van der Waals surface area contributed by atoms with Crippen molar-refractivity contribution >= 4 is 11.9 Å². The molecule has 1 aromatic carbocycles. The average molecular weight is 265 g/mol. The highest BCUT2D eigenvalue weighted by molar-refractivity contribution is 5.94. The lowest BCUT2D eigenvalue weighted by Crippen LogP contribution is -2.22. The van der Waals surface area contributed by atoms with Gasteiger partial charge in [-0.1, -0.05) is 19.9 Å². The van der Waals surface area contributed by atoms with Crippen molar-refractivity contribution in [1.29, 1.82) is 0 Å². The first-order valence-corrected chi connectivity index (χ1v) is 6.04. The lowest BCUT2D eigenvalue weighted by Gasteiger charge is -2.16. The summed E-state index contributed by atoms with van der Waals surface area (Å²) in [6.07, 6.45) is 1.71. The molecule has 0 saturated heterocycles. The number of ether oxygens (including phenoxy) is 2. The standard InChI is InChI=1S/C14H17O5/c1-3-8-18-12(4-2)19-14(17)11-7-5-6-10(9-11)13(15)16/h4-7,9,12H,3,8H2,1-2H3,(H,15,16). The van der Waals surface area contributed by atoms with Gasteiger partial charge < -0.3 is 14.6 Å². The van der Waals surface area contributed by atoms with Gasteiger partial charge in [0.1, 0.15) is 0 Å². The maximum absolute atomic E-state index is 11.8. The first-order chi connectivity index (χ1) is 9.08. The minimum atomic E-state index is -1.09. The van der Waals surface area contributed by atoms with Crippen LogP contribution in [-0.4, -0.2) is 29.9 Å². The number of carboxylic acid groups (broad SMARTS) is 1. The van der Waals surface area contributed by atoms with Gasteiger partial charge in [-0.25, -0.2) is 9.59 Å². The quantitative estimate of drug-likeness (QED) is 0.605. The van der Waals surface area contributed by atoms with E-state index in [0.717, 1.165) is 6.42 Å². The zero-order valence-corrected chi connectivity index (χ0v) is 11.0. The third-order valence-corrected chi connectivity index (χ3v) is 2.33. The number of hydrogen-bond donors (Lipinski definition) is 1. The van der Waals surface area contributed by atoms with Crippen molar-refractivity contribution in [1.82, 2.24) is 0 Å². The van der Waals surface area contributed by atoms with E-state index in [0.29, 0.717) is 6.61 Å². The number of esters is 1. The van der Waals surface area contributed by atoms with Crippen molar-refractivity contribution in [2.75, 3.05) is 6.61 Å². The van der Waals surface area contributed by atoms with Crippen LogP contribution in [0.15, 0.2) is 24.3 Å². The molecule has 5 nitrogen and oxygen atoms in total. The monoisotopic (exact) mass is 265 g/mol. The molecule has 19 heavy (non-hydrogen) atoms. The minimum Gasteiger partial charge on any atom is -0.478 e. The Balaban J connectivity index is 2.71. The fourth-order valence-corrected chi connectivity index (χ4v) is 1.39. The number of rotatable bonds is 7. The number of hydrogen-bond acceptors (Lipinski definition) is 4. The third-order valence-electron chi connectivity index (χ3n) is 2.33. The van der Waals surface area contributed by atoms with Crippen LogP contribution in [0.25, 0.3) is 0 Å². The molecule has 1 aromatic rings. The highest BCUT2D eigenvalue weighted by Gasteiger charge is 2.16. The van der Waals surface area contributed by atoms with Crippen LogP contribution < -0.4 is 0 Å². The highest BCUT2D eigenvalue weighted by Crippen LogP contribution is 2.10. The molecular formula is C14H17O5. The molecular weight excluding hydrogens is 248 g/mol. The Morgan fingerprint density at radius 1 is 1.37 bits per heavy atom. The van der Waals surface area contributed by atoms with Crippen LogP contribution in [0.4, 0.5) is 0 Å². The summed E-state index contributed by atoms with van der Waals surface area (Å²) in [7, 11) is 0. The number of carbonyl (C=O) groups is 2. The number of benzene rings is 1. The Bertz CT molecular complexity index is 441. The highest BCUT2D eigenvalue weighted by atomic mass is 16.7. The molecule has 0 saturated carbocycles. The fraction of sp³-hybridized carbons (Fsp3) is 0.357. The zero-order chi connectivity index (χ0) is 14.3. The van der Waals surface area contributed by atoms with Gasteiger partial charge in [0.05, 0.1) is 17.7 Å². The smallest absolute Gasteiger partial charge is 0.340 e. The van der Waals surface area contributed by atoms with Crippen LogP contribution >= 0.6 is 0 Å². The molecule has 0 aromatic heterocycles. The normalized spacial score (nSPS) is 11.9. The van der Waals surface area contributed by atoms with Gasteiger partial charge in [0, 0.05) is 6.42 Å². The second-order valence-corrected chi connectivity index (χ2v) is 3.86. The molecule has 0 aliphatic carbocycles. The largest absolute Gasteiger partial charge is 0.478 e. The van der Waals surface area contributed by atoms with Crippen molar-refractivity contribution in [3.8, 4) is 0 Å². The van der Waals surface area contributed by atoms with Crippen molar-refractivity contribution in [3.63, 3.8) is 0 Å². The van der Waals surface area contributed by atoms with E-state index in [-0.39, 0.29) is 11.1 Å². The summed E-state index contributed by atoms with van der Waals surface area (Å²) in [5, 5.41) is 8.85. The van der Waals surface area contributed by atoms with Crippen LogP contribution in [0.2, 0.25) is 0 Å². The number of carboxylic acids is 1. The van der Waals surface area contributed by atoms with Crippen LogP contribution in [0, 0.1) is 6.42 Å². The topological polar surface area (TPSA) is 72.8 Å². The van der Waals surface area contributed by atoms with Crippen LogP contribution in [0.5, 0.6) is 0 Å². The van der Waals surface area contributed by atoms with E-state index >= 15 is 0 Å². The molecule has 0 spiro atoms. The molecule has 0 bridgehead atoms. The van der Waals surface area contributed by atoms with Crippen LogP contribution in [-0.2, 0) is 9.47 Å². The molecule has 103 valence electrons. The second-order valence-electron chi connectivity index (χ2n) is 3.86. The van der Waals surface area contributed by atoms with Gasteiger partial charge in [-0.2, -0.15) is 0 Å². The predicted octanol–water partition coefficient (Wildman–Crippen LogP) is 2.52. The first-order valence-electron chi connectivity index (χ1n) is 6.04. The molecule has 0 amide bonds. The molecule has 1 unspecified atom stereocenters. The maximum atomic E-state index is 11.8. The SMILES string of the molecule is C[CH]C(OCCC)OC(=O)c1cccc(C(=O)O)c1. The molecule has 0 fully saturated rings. The number of aromatic carboxylic acids is 1. The summed E-state index contributed by atoms with van der Waals surface area (Å²) < 4.78 is 10.4. The van der Waals surface area contributed by atoms with Crippen molar-refractivity contribution < 1.29 is 24.2 Å². The summed E-state index contributed by atoms with van der Waals surface area (Å²) in [6.45, 7) is 4.16. The molecule has 1 radical (unpaired) electrons. The van der Waals surface area contributed by atoms with Gasteiger partial charge in [0.2, 0.25) is 6.29 Å². The molecule has 0 heterocycles. The Kier molecular flexibility index (Phi) is 6.02. The minimum absolute atomic E-state index is 0.0426. The predicted molar refractivity (Wildman–Crippen MR) is 68.8 cm³/mol. The number of carbonyl (C=O) groups excluding carboxylic acids is 1. The van der Waals surface area contributed by atoms with E-state index in [9.17, 15) is 9.59 Å². The van der Waals surface area contributed by atoms with Crippen molar-refractivity contribution in [2.24, 2.45) is 0 Å². The van der Waals surface area contributed by atoms with Gasteiger partial charge in [-0.05, 0) is 24.6 Å². The average Bonchev–Trinajstić information content (AvgIpc) is 2.43. The lowest BCUT2D eigenvalue weighted by molar-refractivity contribution is -0.0892. The van der Waals surface area contributed by atoms with E-state index in [2.05, 4.69) is 0 Å². The Morgan fingerprint density at radius 3 is 2.63 bits per heavy atom. The van der Waals surface area contributed by atoms with E-state index in [1.165, 1.54) is 24.3 Å². The summed E-state index contributed by atoms with van der Waals surface area (Å²) in [4.78, 5) is 22.6. The second kappa shape index (κ2) is 7.53.